The molecule has 2 aromatic heterocycles. The number of alkyl halides is 2. The molecule has 0 atom stereocenters. The molecule has 25 heavy (non-hydrogen) atoms. The minimum atomic E-state index is -2.26. The molecule has 1 N–H and O–H groups in total. The lowest BCUT2D eigenvalue weighted by molar-refractivity contribution is 0.0681. The van der Waals surface area contributed by atoms with Crippen LogP contribution in [0.1, 0.15) is 18.7 Å². The molecule has 5 nitrogen and oxygen atoms in total. The Hall–Kier alpha value is -2.28. The summed E-state index contributed by atoms with van der Waals surface area (Å²) in [4.78, 5) is 9.55. The van der Waals surface area contributed by atoms with Crippen molar-refractivity contribution in [3.63, 3.8) is 0 Å². The highest BCUT2D eigenvalue weighted by molar-refractivity contribution is 5.93. The smallest absolute Gasteiger partial charge is 0.251 e. The molecule has 0 aliphatic carbocycles. The Morgan fingerprint density at radius 3 is 2.88 bits per heavy atom. The van der Waals surface area contributed by atoms with Crippen molar-refractivity contribution < 1.29 is 13.3 Å². The molecule has 3 aromatic rings. The molecule has 0 spiro atoms. The van der Waals surface area contributed by atoms with E-state index in [4.69, 9.17) is 4.52 Å². The number of hydrogen-bond donors (Lipinski definition) is 1. The number of piperidine rings is 1. The number of benzene rings is 1. The molecule has 4 rings (SSSR count). The van der Waals surface area contributed by atoms with Crippen LogP contribution >= 0.6 is 0 Å². The molecule has 1 aromatic carbocycles. The third kappa shape index (κ3) is 3.56. The summed E-state index contributed by atoms with van der Waals surface area (Å²) in [6.07, 6.45) is 2.11. The first-order valence-electron chi connectivity index (χ1n) is 8.58. The van der Waals surface area contributed by atoms with Gasteiger partial charge in [0.1, 0.15) is 0 Å². The summed E-state index contributed by atoms with van der Waals surface area (Å²) >= 11 is 0. The fourth-order valence-corrected chi connectivity index (χ4v) is 3.54. The van der Waals surface area contributed by atoms with Gasteiger partial charge in [0.25, 0.3) is 6.43 Å². The Bertz CT molecular complexity index is 836. The van der Waals surface area contributed by atoms with Crippen molar-refractivity contribution >= 4 is 10.9 Å². The van der Waals surface area contributed by atoms with Gasteiger partial charge in [0.05, 0.1) is 6.54 Å². The van der Waals surface area contributed by atoms with Crippen LogP contribution in [0.15, 0.2) is 35.0 Å². The number of hydrogen-bond acceptors (Lipinski definition) is 4. The highest BCUT2D eigenvalue weighted by Crippen LogP contribution is 2.27. The van der Waals surface area contributed by atoms with Crippen LogP contribution in [0.5, 0.6) is 0 Å². The number of likely N-dealkylation sites (tertiary alicyclic amines) is 1. The third-order valence-electron chi connectivity index (χ3n) is 4.87. The molecule has 0 saturated carbocycles. The molecule has 0 bridgehead atoms. The first kappa shape index (κ1) is 16.2. The highest BCUT2D eigenvalue weighted by atomic mass is 19.3. The molecular formula is C18H20F2N4O. The first-order chi connectivity index (χ1) is 12.2. The van der Waals surface area contributed by atoms with E-state index in [2.05, 4.69) is 15.1 Å². The third-order valence-corrected chi connectivity index (χ3v) is 4.87. The molecule has 0 unspecified atom stereocenters. The Balaban J connectivity index is 1.42. The van der Waals surface area contributed by atoms with Gasteiger partial charge in [0, 0.05) is 29.1 Å². The topological polar surface area (TPSA) is 58.0 Å². The van der Waals surface area contributed by atoms with Gasteiger partial charge in [-0.15, -0.1) is 0 Å². The maximum Gasteiger partial charge on any atom is 0.251 e. The lowest BCUT2D eigenvalue weighted by atomic mass is 9.93. The number of nitrogens with one attached hydrogen (secondary N) is 1. The van der Waals surface area contributed by atoms with Crippen molar-refractivity contribution in [1.29, 1.82) is 0 Å². The van der Waals surface area contributed by atoms with E-state index in [9.17, 15) is 8.78 Å². The molecule has 1 fully saturated rings. The molecule has 132 valence electrons. The quantitative estimate of drug-likeness (QED) is 0.765. The van der Waals surface area contributed by atoms with E-state index < -0.39 is 6.43 Å². The van der Waals surface area contributed by atoms with Gasteiger partial charge in [0.15, 0.2) is 0 Å². The zero-order valence-corrected chi connectivity index (χ0v) is 13.8. The molecule has 0 radical (unpaired) electrons. The largest absolute Gasteiger partial charge is 0.361 e. The van der Waals surface area contributed by atoms with Crippen LogP contribution in [0, 0.1) is 5.92 Å². The number of fused-ring (bicyclic) bond motifs is 1. The van der Waals surface area contributed by atoms with Crippen LogP contribution in [-0.2, 0) is 6.42 Å². The molecule has 1 saturated heterocycles. The number of nitrogens with zero attached hydrogens (tertiary/aromatic N) is 3. The van der Waals surface area contributed by atoms with Gasteiger partial charge in [-0.25, -0.2) is 8.78 Å². The summed E-state index contributed by atoms with van der Waals surface area (Å²) < 4.78 is 30.3. The number of rotatable bonds is 5. The van der Waals surface area contributed by atoms with Gasteiger partial charge in [-0.05, 0) is 44.0 Å². The van der Waals surface area contributed by atoms with Crippen LogP contribution < -0.4 is 0 Å². The van der Waals surface area contributed by atoms with E-state index in [1.54, 1.807) is 0 Å². The van der Waals surface area contributed by atoms with E-state index in [1.165, 1.54) is 0 Å². The zero-order chi connectivity index (χ0) is 17.2. The summed E-state index contributed by atoms with van der Waals surface area (Å²) in [6, 6.07) is 7.95. The second-order valence-electron chi connectivity index (χ2n) is 6.60. The molecule has 7 heteroatoms. The van der Waals surface area contributed by atoms with Crippen LogP contribution in [0.3, 0.4) is 0 Å². The Morgan fingerprint density at radius 1 is 1.24 bits per heavy atom. The van der Waals surface area contributed by atoms with Crippen molar-refractivity contribution in [3.8, 4) is 11.4 Å². The average Bonchev–Trinajstić information content (AvgIpc) is 3.25. The van der Waals surface area contributed by atoms with Gasteiger partial charge < -0.3 is 9.51 Å². The Labute approximate surface area is 144 Å². The van der Waals surface area contributed by atoms with Gasteiger partial charge in [-0.3, -0.25) is 4.90 Å². The predicted octanol–water partition coefficient (Wildman–Crippen LogP) is 3.74. The molecular weight excluding hydrogens is 326 g/mol. The van der Waals surface area contributed by atoms with Gasteiger partial charge >= 0.3 is 0 Å². The van der Waals surface area contributed by atoms with E-state index in [0.717, 1.165) is 29.3 Å². The SMILES string of the molecule is FC(F)CN1CCC(Cc2nc(-c3cccc4[nH]ccc34)no2)CC1. The second-order valence-corrected chi connectivity index (χ2v) is 6.60. The zero-order valence-electron chi connectivity index (χ0n) is 13.8. The van der Waals surface area contributed by atoms with Crippen LogP contribution in [-0.4, -0.2) is 46.1 Å². The Kier molecular flexibility index (Phi) is 4.48. The monoisotopic (exact) mass is 346 g/mol. The maximum atomic E-state index is 12.4. The Morgan fingerprint density at radius 2 is 2.08 bits per heavy atom. The lowest BCUT2D eigenvalue weighted by Gasteiger charge is -2.30. The predicted molar refractivity (Wildman–Crippen MR) is 90.5 cm³/mol. The second kappa shape index (κ2) is 6.92. The molecule has 1 aliphatic heterocycles. The highest BCUT2D eigenvalue weighted by Gasteiger charge is 2.23. The van der Waals surface area contributed by atoms with Crippen molar-refractivity contribution in [2.24, 2.45) is 5.92 Å². The number of H-pyrrole nitrogens is 1. The summed E-state index contributed by atoms with van der Waals surface area (Å²) in [6.45, 7) is 1.29. The van der Waals surface area contributed by atoms with Crippen molar-refractivity contribution in [2.75, 3.05) is 19.6 Å². The molecule has 0 amide bonds. The summed E-state index contributed by atoms with van der Waals surface area (Å²) in [7, 11) is 0. The van der Waals surface area contributed by atoms with Crippen molar-refractivity contribution in [1.82, 2.24) is 20.0 Å². The summed E-state index contributed by atoms with van der Waals surface area (Å²) in [5.41, 5.74) is 1.98. The number of halogens is 2. The summed E-state index contributed by atoms with van der Waals surface area (Å²) in [5, 5.41) is 5.19. The van der Waals surface area contributed by atoms with Crippen LogP contribution in [0.25, 0.3) is 22.3 Å². The number of aromatic amines is 1. The van der Waals surface area contributed by atoms with Gasteiger partial charge in [-0.1, -0.05) is 17.3 Å². The van der Waals surface area contributed by atoms with E-state index in [0.29, 0.717) is 37.1 Å². The standard InChI is InChI=1S/C18H20F2N4O/c19-16(20)11-24-8-5-12(6-9-24)10-17-22-18(23-25-17)14-2-1-3-15-13(14)4-7-21-15/h1-4,7,12,16,21H,5-6,8-11H2. The first-order valence-corrected chi connectivity index (χ1v) is 8.58. The average molecular weight is 346 g/mol. The lowest BCUT2D eigenvalue weighted by Crippen LogP contribution is -2.37. The normalized spacial score (nSPS) is 16.9. The van der Waals surface area contributed by atoms with E-state index >= 15 is 0 Å². The maximum absolute atomic E-state index is 12.4. The number of aromatic nitrogens is 3. The van der Waals surface area contributed by atoms with Crippen molar-refractivity contribution in [2.45, 2.75) is 25.7 Å². The summed E-state index contributed by atoms with van der Waals surface area (Å²) in [5.74, 6) is 1.62. The van der Waals surface area contributed by atoms with E-state index in [1.807, 2.05) is 35.4 Å². The minimum absolute atomic E-state index is 0.127. The van der Waals surface area contributed by atoms with Crippen LogP contribution in [0.4, 0.5) is 8.78 Å². The van der Waals surface area contributed by atoms with Gasteiger partial charge in [-0.2, -0.15) is 4.98 Å². The van der Waals surface area contributed by atoms with Crippen molar-refractivity contribution in [3.05, 3.63) is 36.4 Å². The van der Waals surface area contributed by atoms with Gasteiger partial charge in [0.2, 0.25) is 11.7 Å². The van der Waals surface area contributed by atoms with Crippen LogP contribution in [0.2, 0.25) is 0 Å². The minimum Gasteiger partial charge on any atom is -0.361 e. The fraction of sp³-hybridized carbons (Fsp3) is 0.444. The fourth-order valence-electron chi connectivity index (χ4n) is 3.54. The molecule has 3 heterocycles. The molecule has 1 aliphatic rings. The van der Waals surface area contributed by atoms with E-state index in [-0.39, 0.29) is 6.54 Å².